The van der Waals surface area contributed by atoms with Crippen LogP contribution in [0.4, 0.5) is 5.69 Å². The third kappa shape index (κ3) is 4.61. The van der Waals surface area contributed by atoms with Crippen LogP contribution in [0.5, 0.6) is 0 Å². The van der Waals surface area contributed by atoms with E-state index in [1.165, 1.54) is 0 Å². The minimum Gasteiger partial charge on any atom is -0.378 e. The fraction of sp³-hybridized carbons (Fsp3) is 0.333. The summed E-state index contributed by atoms with van der Waals surface area (Å²) >= 11 is 5.89. The maximum absolute atomic E-state index is 13.0. The molecular formula is C21H24ClN3O2. The molecule has 27 heavy (non-hydrogen) atoms. The van der Waals surface area contributed by atoms with Gasteiger partial charge in [-0.3, -0.25) is 9.59 Å². The van der Waals surface area contributed by atoms with Crippen LogP contribution in [0.1, 0.15) is 28.8 Å². The van der Waals surface area contributed by atoms with Gasteiger partial charge in [0.25, 0.3) is 5.91 Å². The van der Waals surface area contributed by atoms with Crippen molar-refractivity contribution in [3.63, 3.8) is 0 Å². The Morgan fingerprint density at radius 1 is 1.19 bits per heavy atom. The molecule has 142 valence electrons. The highest BCUT2D eigenvalue weighted by Gasteiger charge is 2.34. The van der Waals surface area contributed by atoms with Gasteiger partial charge in [0, 0.05) is 43.5 Å². The van der Waals surface area contributed by atoms with Crippen LogP contribution < -0.4 is 10.2 Å². The van der Waals surface area contributed by atoms with Gasteiger partial charge in [-0.05, 0) is 48.7 Å². The van der Waals surface area contributed by atoms with Crippen LogP contribution in [-0.2, 0) is 11.3 Å². The van der Waals surface area contributed by atoms with Crippen molar-refractivity contribution in [2.24, 2.45) is 0 Å². The molecule has 1 aliphatic rings. The van der Waals surface area contributed by atoms with Gasteiger partial charge in [-0.25, -0.2) is 0 Å². The molecule has 0 radical (unpaired) electrons. The number of benzene rings is 2. The first kappa shape index (κ1) is 19.2. The maximum Gasteiger partial charge on any atom is 0.254 e. The summed E-state index contributed by atoms with van der Waals surface area (Å²) in [4.78, 5) is 29.3. The number of rotatable bonds is 5. The maximum atomic E-state index is 13.0. The zero-order chi connectivity index (χ0) is 19.4. The van der Waals surface area contributed by atoms with E-state index in [2.05, 4.69) is 5.32 Å². The number of amides is 2. The lowest BCUT2D eigenvalue weighted by molar-refractivity contribution is -0.125. The van der Waals surface area contributed by atoms with Crippen molar-refractivity contribution in [1.29, 1.82) is 0 Å². The first-order chi connectivity index (χ1) is 13.0. The molecular weight excluding hydrogens is 362 g/mol. The molecule has 3 rings (SSSR count). The van der Waals surface area contributed by atoms with Crippen LogP contribution in [0, 0.1) is 0 Å². The SMILES string of the molecule is CN(C)c1cccc(C(=O)N2CCC[C@H]2C(=O)NCc2ccc(Cl)cc2)c1. The van der Waals surface area contributed by atoms with Crippen LogP contribution in [0.25, 0.3) is 0 Å². The molecule has 0 aromatic heterocycles. The summed E-state index contributed by atoms with van der Waals surface area (Å²) < 4.78 is 0. The van der Waals surface area contributed by atoms with E-state index < -0.39 is 6.04 Å². The minimum atomic E-state index is -0.423. The smallest absolute Gasteiger partial charge is 0.254 e. The zero-order valence-corrected chi connectivity index (χ0v) is 16.4. The normalized spacial score (nSPS) is 16.3. The number of carbonyl (C=O) groups excluding carboxylic acids is 2. The summed E-state index contributed by atoms with van der Waals surface area (Å²) in [6, 6.07) is 14.4. The largest absolute Gasteiger partial charge is 0.378 e. The molecule has 2 aromatic carbocycles. The number of halogens is 1. The van der Waals surface area contributed by atoms with Gasteiger partial charge in [0.15, 0.2) is 0 Å². The van der Waals surface area contributed by atoms with Crippen molar-refractivity contribution >= 4 is 29.1 Å². The Labute approximate surface area is 164 Å². The average Bonchev–Trinajstić information content (AvgIpc) is 3.16. The first-order valence-corrected chi connectivity index (χ1v) is 9.44. The Morgan fingerprint density at radius 3 is 2.63 bits per heavy atom. The molecule has 1 fully saturated rings. The average molecular weight is 386 g/mol. The molecule has 0 unspecified atom stereocenters. The van der Waals surface area contributed by atoms with Gasteiger partial charge >= 0.3 is 0 Å². The minimum absolute atomic E-state index is 0.0946. The summed E-state index contributed by atoms with van der Waals surface area (Å²) in [7, 11) is 3.87. The summed E-state index contributed by atoms with van der Waals surface area (Å²) in [5, 5.41) is 3.61. The van der Waals surface area contributed by atoms with Crippen molar-refractivity contribution in [3.8, 4) is 0 Å². The number of nitrogens with zero attached hydrogens (tertiary/aromatic N) is 2. The van der Waals surface area contributed by atoms with E-state index in [0.29, 0.717) is 30.1 Å². The summed E-state index contributed by atoms with van der Waals surface area (Å²) in [5.74, 6) is -0.206. The summed E-state index contributed by atoms with van der Waals surface area (Å²) in [5.41, 5.74) is 2.55. The van der Waals surface area contributed by atoms with Gasteiger partial charge in [0.05, 0.1) is 0 Å². The van der Waals surface area contributed by atoms with Crippen molar-refractivity contribution < 1.29 is 9.59 Å². The van der Waals surface area contributed by atoms with Crippen LogP contribution in [0.15, 0.2) is 48.5 Å². The molecule has 1 N–H and O–H groups in total. The van der Waals surface area contributed by atoms with Crippen molar-refractivity contribution in [3.05, 3.63) is 64.7 Å². The number of carbonyl (C=O) groups is 2. The number of nitrogens with one attached hydrogen (secondary N) is 1. The number of anilines is 1. The third-order valence-electron chi connectivity index (χ3n) is 4.81. The van der Waals surface area contributed by atoms with E-state index >= 15 is 0 Å². The van der Waals surface area contributed by atoms with Crippen LogP contribution in [0.3, 0.4) is 0 Å². The molecule has 0 bridgehead atoms. The molecule has 1 atom stereocenters. The Balaban J connectivity index is 1.67. The first-order valence-electron chi connectivity index (χ1n) is 9.06. The second kappa shape index (κ2) is 8.44. The van der Waals surface area contributed by atoms with E-state index in [-0.39, 0.29) is 11.8 Å². The highest BCUT2D eigenvalue weighted by Crippen LogP contribution is 2.22. The molecule has 5 nitrogen and oxygen atoms in total. The highest BCUT2D eigenvalue weighted by molar-refractivity contribution is 6.30. The number of hydrogen-bond acceptors (Lipinski definition) is 3. The molecule has 2 amide bonds. The Kier molecular flexibility index (Phi) is 6.01. The van der Waals surface area contributed by atoms with Crippen molar-refractivity contribution in [1.82, 2.24) is 10.2 Å². The summed E-state index contributed by atoms with van der Waals surface area (Å²) in [6.07, 6.45) is 1.52. The zero-order valence-electron chi connectivity index (χ0n) is 15.6. The van der Waals surface area contributed by atoms with Crippen molar-refractivity contribution in [2.45, 2.75) is 25.4 Å². The fourth-order valence-electron chi connectivity index (χ4n) is 3.27. The number of hydrogen-bond donors (Lipinski definition) is 1. The van der Waals surface area contributed by atoms with Gasteiger partial charge in [-0.1, -0.05) is 29.8 Å². The molecule has 0 saturated carbocycles. The lowest BCUT2D eigenvalue weighted by atomic mass is 10.1. The van der Waals surface area contributed by atoms with Crippen LogP contribution in [-0.4, -0.2) is 43.4 Å². The van der Waals surface area contributed by atoms with E-state index in [4.69, 9.17) is 11.6 Å². The monoisotopic (exact) mass is 385 g/mol. The van der Waals surface area contributed by atoms with Gasteiger partial charge < -0.3 is 15.1 Å². The second-order valence-electron chi connectivity index (χ2n) is 6.95. The lowest BCUT2D eigenvalue weighted by Crippen LogP contribution is -2.45. The Hall–Kier alpha value is -2.53. The van der Waals surface area contributed by atoms with Crippen LogP contribution in [0.2, 0.25) is 5.02 Å². The fourth-order valence-corrected chi connectivity index (χ4v) is 3.40. The number of likely N-dealkylation sites (tertiary alicyclic amines) is 1. The molecule has 6 heteroatoms. The van der Waals surface area contributed by atoms with Crippen molar-refractivity contribution in [2.75, 3.05) is 25.5 Å². The molecule has 1 aliphatic heterocycles. The standard InChI is InChI=1S/C21H24ClN3O2/c1-24(2)18-6-3-5-16(13-18)21(27)25-12-4-7-19(25)20(26)23-14-15-8-10-17(22)11-9-15/h3,5-6,8-11,13,19H,4,7,12,14H2,1-2H3,(H,23,26)/t19-/m0/s1. The quantitative estimate of drug-likeness (QED) is 0.858. The van der Waals surface area contributed by atoms with Gasteiger partial charge in [-0.15, -0.1) is 0 Å². The van der Waals surface area contributed by atoms with E-state index in [1.807, 2.05) is 49.3 Å². The van der Waals surface area contributed by atoms with Gasteiger partial charge in [-0.2, -0.15) is 0 Å². The molecule has 2 aromatic rings. The molecule has 1 heterocycles. The van der Waals surface area contributed by atoms with Crippen LogP contribution >= 0.6 is 11.6 Å². The topological polar surface area (TPSA) is 52.7 Å². The molecule has 1 saturated heterocycles. The third-order valence-corrected chi connectivity index (χ3v) is 5.06. The van der Waals surface area contributed by atoms with E-state index in [1.54, 1.807) is 23.1 Å². The summed E-state index contributed by atoms with van der Waals surface area (Å²) in [6.45, 7) is 1.02. The Bertz CT molecular complexity index is 820. The predicted molar refractivity (Wildman–Crippen MR) is 108 cm³/mol. The van der Waals surface area contributed by atoms with E-state index in [0.717, 1.165) is 17.7 Å². The van der Waals surface area contributed by atoms with Gasteiger partial charge in [0.1, 0.15) is 6.04 Å². The Morgan fingerprint density at radius 2 is 1.93 bits per heavy atom. The van der Waals surface area contributed by atoms with E-state index in [9.17, 15) is 9.59 Å². The van der Waals surface area contributed by atoms with Gasteiger partial charge in [0.2, 0.25) is 5.91 Å². The highest BCUT2D eigenvalue weighted by atomic mass is 35.5. The molecule has 0 spiro atoms. The predicted octanol–water partition coefficient (Wildman–Crippen LogP) is 3.33. The second-order valence-corrected chi connectivity index (χ2v) is 7.38. The lowest BCUT2D eigenvalue weighted by Gasteiger charge is -2.24. The molecule has 0 aliphatic carbocycles.